The first-order valence-corrected chi connectivity index (χ1v) is 8.19. The number of hydrogen-bond acceptors (Lipinski definition) is 2. The molecule has 118 valence electrons. The summed E-state index contributed by atoms with van der Waals surface area (Å²) in [4.78, 5) is 26.2. The topological polar surface area (TPSA) is 37.4 Å². The van der Waals surface area contributed by atoms with Crippen LogP contribution in [0.3, 0.4) is 0 Å². The highest BCUT2D eigenvalue weighted by Crippen LogP contribution is 2.26. The first-order chi connectivity index (χ1) is 11.2. The minimum atomic E-state index is -0.152. The zero-order valence-corrected chi connectivity index (χ0v) is 13.4. The lowest BCUT2D eigenvalue weighted by Gasteiger charge is -2.22. The van der Waals surface area contributed by atoms with Crippen molar-refractivity contribution in [3.05, 3.63) is 71.3 Å². The van der Waals surface area contributed by atoms with E-state index in [0.717, 1.165) is 25.7 Å². The van der Waals surface area contributed by atoms with Crippen LogP contribution in [0, 0.1) is 0 Å². The summed E-state index contributed by atoms with van der Waals surface area (Å²) in [6.45, 7) is 1.96. The monoisotopic (exact) mass is 307 g/mol. The second-order valence-electron chi connectivity index (χ2n) is 6.11. The molecule has 3 rings (SSSR count). The third-order valence-electron chi connectivity index (χ3n) is 4.45. The number of unbranched alkanes of at least 4 members (excludes halogenated alkanes) is 1. The Bertz CT molecular complexity index is 674. The molecule has 0 aromatic heterocycles. The quantitative estimate of drug-likeness (QED) is 0.595. The number of aryl methyl sites for hydroxylation is 1. The van der Waals surface area contributed by atoms with Gasteiger partial charge in [-0.2, -0.15) is 0 Å². The fourth-order valence-corrected chi connectivity index (χ4v) is 3.15. The summed E-state index contributed by atoms with van der Waals surface area (Å²) in [5.74, 6) is -0.303. The van der Waals surface area contributed by atoms with Crippen LogP contribution in [0.5, 0.6) is 0 Å². The SMILES string of the molecule is CC(CCCCc1ccccc1)N1C(=O)c2ccccc2C1=O. The fourth-order valence-electron chi connectivity index (χ4n) is 3.15. The van der Waals surface area contributed by atoms with Gasteiger partial charge in [-0.15, -0.1) is 0 Å². The summed E-state index contributed by atoms with van der Waals surface area (Å²) in [6, 6.07) is 17.4. The van der Waals surface area contributed by atoms with Gasteiger partial charge in [0.25, 0.3) is 11.8 Å². The molecule has 0 spiro atoms. The molecule has 1 aliphatic heterocycles. The number of fused-ring (bicyclic) bond motifs is 1. The Hall–Kier alpha value is -2.42. The normalized spacial score (nSPS) is 14.9. The Labute approximate surface area is 136 Å². The molecule has 0 saturated carbocycles. The molecule has 1 aliphatic rings. The van der Waals surface area contributed by atoms with Crippen LogP contribution >= 0.6 is 0 Å². The van der Waals surface area contributed by atoms with E-state index >= 15 is 0 Å². The Morgan fingerprint density at radius 3 is 2.00 bits per heavy atom. The standard InChI is InChI=1S/C20H21NO2/c1-15(9-5-6-12-16-10-3-2-4-11-16)21-19(22)17-13-7-8-14-18(17)20(21)23/h2-4,7-8,10-11,13-15H,5-6,9,12H2,1H3. The molecule has 0 saturated heterocycles. The third-order valence-corrected chi connectivity index (χ3v) is 4.45. The van der Waals surface area contributed by atoms with E-state index in [1.807, 2.05) is 13.0 Å². The number of rotatable bonds is 6. The molecule has 23 heavy (non-hydrogen) atoms. The van der Waals surface area contributed by atoms with Crippen molar-refractivity contribution in [3.63, 3.8) is 0 Å². The minimum absolute atomic E-state index is 0.0572. The van der Waals surface area contributed by atoms with Crippen LogP contribution in [0.1, 0.15) is 52.5 Å². The highest BCUT2D eigenvalue weighted by molar-refractivity contribution is 6.21. The van der Waals surface area contributed by atoms with Gasteiger partial charge >= 0.3 is 0 Å². The predicted octanol–water partition coefficient (Wildman–Crippen LogP) is 4.08. The van der Waals surface area contributed by atoms with Gasteiger partial charge in [-0.25, -0.2) is 0 Å². The van der Waals surface area contributed by atoms with Crippen LogP contribution in [-0.2, 0) is 6.42 Å². The summed E-state index contributed by atoms with van der Waals surface area (Å²) < 4.78 is 0. The third kappa shape index (κ3) is 3.19. The van der Waals surface area contributed by atoms with Gasteiger partial charge in [-0.3, -0.25) is 14.5 Å². The van der Waals surface area contributed by atoms with Crippen molar-refractivity contribution in [1.82, 2.24) is 4.90 Å². The van der Waals surface area contributed by atoms with Crippen molar-refractivity contribution in [2.24, 2.45) is 0 Å². The number of carbonyl (C=O) groups is 2. The maximum absolute atomic E-state index is 12.4. The van der Waals surface area contributed by atoms with E-state index in [4.69, 9.17) is 0 Å². The minimum Gasteiger partial charge on any atom is -0.272 e. The molecular weight excluding hydrogens is 286 g/mol. The molecule has 0 fully saturated rings. The highest BCUT2D eigenvalue weighted by atomic mass is 16.2. The molecule has 2 aromatic rings. The number of benzene rings is 2. The van der Waals surface area contributed by atoms with Gasteiger partial charge in [0.15, 0.2) is 0 Å². The second-order valence-corrected chi connectivity index (χ2v) is 6.11. The van der Waals surface area contributed by atoms with E-state index in [1.165, 1.54) is 10.5 Å². The Balaban J connectivity index is 1.54. The lowest BCUT2D eigenvalue weighted by Crippen LogP contribution is -2.37. The van der Waals surface area contributed by atoms with E-state index in [1.54, 1.807) is 24.3 Å². The summed E-state index contributed by atoms with van der Waals surface area (Å²) in [5, 5.41) is 0. The number of imide groups is 1. The molecule has 0 N–H and O–H groups in total. The Morgan fingerprint density at radius 2 is 1.39 bits per heavy atom. The summed E-state index contributed by atoms with van der Waals surface area (Å²) in [7, 11) is 0. The zero-order chi connectivity index (χ0) is 16.2. The Kier molecular flexibility index (Phi) is 4.56. The van der Waals surface area contributed by atoms with E-state index in [-0.39, 0.29) is 17.9 Å². The molecule has 1 atom stereocenters. The van der Waals surface area contributed by atoms with Gasteiger partial charge < -0.3 is 0 Å². The molecule has 2 amide bonds. The van der Waals surface area contributed by atoms with Crippen molar-refractivity contribution in [1.29, 1.82) is 0 Å². The van der Waals surface area contributed by atoms with Crippen molar-refractivity contribution in [2.75, 3.05) is 0 Å². The summed E-state index contributed by atoms with van der Waals surface area (Å²) in [5.41, 5.74) is 2.41. The van der Waals surface area contributed by atoms with Gasteiger partial charge in [0.2, 0.25) is 0 Å². The molecule has 0 aliphatic carbocycles. The maximum atomic E-state index is 12.4. The van der Waals surface area contributed by atoms with E-state index in [0.29, 0.717) is 11.1 Å². The highest BCUT2D eigenvalue weighted by Gasteiger charge is 2.37. The van der Waals surface area contributed by atoms with Gasteiger partial charge in [0.05, 0.1) is 11.1 Å². The van der Waals surface area contributed by atoms with Crippen molar-refractivity contribution >= 4 is 11.8 Å². The molecule has 3 nitrogen and oxygen atoms in total. The van der Waals surface area contributed by atoms with E-state index < -0.39 is 0 Å². The average Bonchev–Trinajstić information content (AvgIpc) is 2.84. The summed E-state index contributed by atoms with van der Waals surface area (Å²) in [6.07, 6.45) is 3.95. The van der Waals surface area contributed by atoms with E-state index in [2.05, 4.69) is 24.3 Å². The predicted molar refractivity (Wildman–Crippen MR) is 90.4 cm³/mol. The molecule has 0 bridgehead atoms. The number of nitrogens with zero attached hydrogens (tertiary/aromatic N) is 1. The van der Waals surface area contributed by atoms with Crippen LogP contribution in [0.2, 0.25) is 0 Å². The lowest BCUT2D eigenvalue weighted by atomic mass is 10.0. The largest absolute Gasteiger partial charge is 0.272 e. The van der Waals surface area contributed by atoms with Crippen LogP contribution < -0.4 is 0 Å². The van der Waals surface area contributed by atoms with Crippen molar-refractivity contribution < 1.29 is 9.59 Å². The smallest absolute Gasteiger partial charge is 0.261 e. The van der Waals surface area contributed by atoms with Crippen molar-refractivity contribution in [3.8, 4) is 0 Å². The zero-order valence-electron chi connectivity index (χ0n) is 13.4. The number of amides is 2. The molecular formula is C20H21NO2. The first kappa shape index (κ1) is 15.5. The van der Waals surface area contributed by atoms with Gasteiger partial charge in [0, 0.05) is 6.04 Å². The molecule has 0 radical (unpaired) electrons. The number of hydrogen-bond donors (Lipinski definition) is 0. The second kappa shape index (κ2) is 6.78. The molecule has 2 aromatic carbocycles. The van der Waals surface area contributed by atoms with Crippen LogP contribution in [0.15, 0.2) is 54.6 Å². The lowest BCUT2D eigenvalue weighted by molar-refractivity contribution is 0.0588. The van der Waals surface area contributed by atoms with Crippen LogP contribution in [-0.4, -0.2) is 22.8 Å². The Morgan fingerprint density at radius 1 is 0.826 bits per heavy atom. The summed E-state index contributed by atoms with van der Waals surface area (Å²) >= 11 is 0. The molecule has 1 heterocycles. The average molecular weight is 307 g/mol. The van der Waals surface area contributed by atoms with Gasteiger partial charge in [-0.1, -0.05) is 48.9 Å². The van der Waals surface area contributed by atoms with Gasteiger partial charge in [0.1, 0.15) is 0 Å². The fraction of sp³-hybridized carbons (Fsp3) is 0.300. The van der Waals surface area contributed by atoms with Crippen LogP contribution in [0.4, 0.5) is 0 Å². The number of carbonyl (C=O) groups excluding carboxylic acids is 2. The van der Waals surface area contributed by atoms with Crippen molar-refractivity contribution in [2.45, 2.75) is 38.6 Å². The first-order valence-electron chi connectivity index (χ1n) is 8.19. The van der Waals surface area contributed by atoms with E-state index in [9.17, 15) is 9.59 Å². The maximum Gasteiger partial charge on any atom is 0.261 e. The molecule has 3 heteroatoms. The molecule has 1 unspecified atom stereocenters. The van der Waals surface area contributed by atoms with Gasteiger partial charge in [-0.05, 0) is 43.9 Å². The van der Waals surface area contributed by atoms with Crippen LogP contribution in [0.25, 0.3) is 0 Å².